The summed E-state index contributed by atoms with van der Waals surface area (Å²) in [5, 5.41) is 3.36. The zero-order chi connectivity index (χ0) is 15.2. The third-order valence-electron chi connectivity index (χ3n) is 3.38. The Hall–Kier alpha value is -1.94. The Morgan fingerprint density at radius 1 is 1.10 bits per heavy atom. The molecule has 0 spiro atoms. The Kier molecular flexibility index (Phi) is 5.28. The topological polar surface area (TPSA) is 21.3 Å². The average Bonchev–Trinajstić information content (AvgIpc) is 2.49. The molecule has 112 valence electrons. The van der Waals surface area contributed by atoms with E-state index in [1.54, 1.807) is 24.3 Å². The summed E-state index contributed by atoms with van der Waals surface area (Å²) in [7, 11) is 1.45. The summed E-state index contributed by atoms with van der Waals surface area (Å²) in [4.78, 5) is 0. The van der Waals surface area contributed by atoms with E-state index in [2.05, 4.69) is 5.32 Å². The van der Waals surface area contributed by atoms with Crippen LogP contribution in [0.4, 0.5) is 8.78 Å². The molecular formula is C17H19F2NO. The van der Waals surface area contributed by atoms with Gasteiger partial charge in [-0.15, -0.1) is 0 Å². The molecule has 0 radical (unpaired) electrons. The molecule has 2 aromatic carbocycles. The second kappa shape index (κ2) is 7.18. The van der Waals surface area contributed by atoms with Crippen LogP contribution in [0.15, 0.2) is 42.5 Å². The van der Waals surface area contributed by atoms with E-state index in [1.807, 2.05) is 6.92 Å². The molecule has 1 N–H and O–H groups in total. The van der Waals surface area contributed by atoms with Gasteiger partial charge in [0.05, 0.1) is 7.11 Å². The predicted molar refractivity (Wildman–Crippen MR) is 79.5 cm³/mol. The number of likely N-dealkylation sites (N-methyl/N-ethyl adjacent to an activating group) is 1. The maximum atomic E-state index is 13.5. The summed E-state index contributed by atoms with van der Waals surface area (Å²) in [6, 6.07) is 11.3. The highest BCUT2D eigenvalue weighted by Gasteiger charge is 2.14. The van der Waals surface area contributed by atoms with Crippen LogP contribution in [-0.4, -0.2) is 13.7 Å². The number of halogens is 2. The lowest BCUT2D eigenvalue weighted by molar-refractivity contribution is 0.384. The normalized spacial score (nSPS) is 12.2. The summed E-state index contributed by atoms with van der Waals surface area (Å²) >= 11 is 0. The van der Waals surface area contributed by atoms with Gasteiger partial charge in [-0.05, 0) is 48.4 Å². The smallest absolute Gasteiger partial charge is 0.165 e. The standard InChI is InChI=1S/C17H19F2NO/c1-3-20-16(10-12-4-7-14(18)8-5-12)13-6-9-15(19)17(11-13)21-2/h4-9,11,16,20H,3,10H2,1-2H3. The van der Waals surface area contributed by atoms with Crippen LogP contribution >= 0.6 is 0 Å². The van der Waals surface area contributed by atoms with Gasteiger partial charge in [0.15, 0.2) is 11.6 Å². The molecule has 0 aromatic heterocycles. The highest BCUT2D eigenvalue weighted by atomic mass is 19.1. The fraction of sp³-hybridized carbons (Fsp3) is 0.294. The van der Waals surface area contributed by atoms with Crippen molar-refractivity contribution in [3.8, 4) is 5.75 Å². The van der Waals surface area contributed by atoms with E-state index in [-0.39, 0.29) is 23.4 Å². The SMILES string of the molecule is CCNC(Cc1ccc(F)cc1)c1ccc(F)c(OC)c1. The second-order valence-electron chi connectivity index (χ2n) is 4.83. The van der Waals surface area contributed by atoms with Crippen molar-refractivity contribution >= 4 is 0 Å². The van der Waals surface area contributed by atoms with Crippen molar-refractivity contribution in [1.82, 2.24) is 5.32 Å². The molecule has 0 fully saturated rings. The Bertz CT molecular complexity index is 584. The van der Waals surface area contributed by atoms with Gasteiger partial charge in [-0.1, -0.05) is 25.1 Å². The van der Waals surface area contributed by atoms with Crippen molar-refractivity contribution in [1.29, 1.82) is 0 Å². The zero-order valence-corrected chi connectivity index (χ0v) is 12.2. The van der Waals surface area contributed by atoms with Crippen LogP contribution in [0, 0.1) is 11.6 Å². The van der Waals surface area contributed by atoms with Gasteiger partial charge in [0.25, 0.3) is 0 Å². The second-order valence-corrected chi connectivity index (χ2v) is 4.83. The molecule has 0 aliphatic carbocycles. The van der Waals surface area contributed by atoms with Crippen LogP contribution in [-0.2, 0) is 6.42 Å². The number of hydrogen-bond donors (Lipinski definition) is 1. The average molecular weight is 291 g/mol. The molecule has 0 saturated carbocycles. The molecular weight excluding hydrogens is 272 g/mol. The maximum absolute atomic E-state index is 13.5. The Balaban J connectivity index is 2.23. The van der Waals surface area contributed by atoms with Crippen molar-refractivity contribution in [2.75, 3.05) is 13.7 Å². The highest BCUT2D eigenvalue weighted by molar-refractivity contribution is 5.33. The van der Waals surface area contributed by atoms with Crippen LogP contribution < -0.4 is 10.1 Å². The van der Waals surface area contributed by atoms with E-state index < -0.39 is 0 Å². The van der Waals surface area contributed by atoms with Crippen LogP contribution in [0.5, 0.6) is 5.75 Å². The van der Waals surface area contributed by atoms with Crippen molar-refractivity contribution < 1.29 is 13.5 Å². The first kappa shape index (κ1) is 15.4. The van der Waals surface area contributed by atoms with E-state index in [1.165, 1.54) is 25.3 Å². The van der Waals surface area contributed by atoms with Crippen molar-refractivity contribution in [2.24, 2.45) is 0 Å². The maximum Gasteiger partial charge on any atom is 0.165 e. The van der Waals surface area contributed by atoms with E-state index >= 15 is 0 Å². The van der Waals surface area contributed by atoms with Gasteiger partial charge in [0, 0.05) is 6.04 Å². The van der Waals surface area contributed by atoms with Gasteiger partial charge in [-0.2, -0.15) is 0 Å². The fourth-order valence-electron chi connectivity index (χ4n) is 2.30. The largest absolute Gasteiger partial charge is 0.494 e. The number of hydrogen-bond acceptors (Lipinski definition) is 2. The first-order valence-electron chi connectivity index (χ1n) is 6.95. The minimum atomic E-state index is -0.377. The van der Waals surface area contributed by atoms with Gasteiger partial charge >= 0.3 is 0 Å². The van der Waals surface area contributed by atoms with Crippen LogP contribution in [0.2, 0.25) is 0 Å². The Labute approximate surface area is 123 Å². The Morgan fingerprint density at radius 2 is 1.81 bits per heavy atom. The molecule has 0 heterocycles. The third kappa shape index (κ3) is 4.02. The number of methoxy groups -OCH3 is 1. The molecule has 0 amide bonds. The fourth-order valence-corrected chi connectivity index (χ4v) is 2.30. The van der Waals surface area contributed by atoms with Crippen LogP contribution in [0.3, 0.4) is 0 Å². The highest BCUT2D eigenvalue weighted by Crippen LogP contribution is 2.25. The van der Waals surface area contributed by atoms with Crippen molar-refractivity contribution in [3.05, 3.63) is 65.2 Å². The van der Waals surface area contributed by atoms with Gasteiger partial charge in [0.2, 0.25) is 0 Å². The molecule has 21 heavy (non-hydrogen) atoms. The lowest BCUT2D eigenvalue weighted by Crippen LogP contribution is -2.23. The van der Waals surface area contributed by atoms with E-state index in [4.69, 9.17) is 4.74 Å². The molecule has 0 bridgehead atoms. The lowest BCUT2D eigenvalue weighted by atomic mass is 9.98. The summed E-state index contributed by atoms with van der Waals surface area (Å²) in [6.07, 6.45) is 0.697. The molecule has 0 aliphatic rings. The number of benzene rings is 2. The first-order valence-corrected chi connectivity index (χ1v) is 6.95. The van der Waals surface area contributed by atoms with Crippen molar-refractivity contribution in [3.63, 3.8) is 0 Å². The van der Waals surface area contributed by atoms with Gasteiger partial charge < -0.3 is 10.1 Å². The lowest BCUT2D eigenvalue weighted by Gasteiger charge is -2.19. The molecule has 4 heteroatoms. The summed E-state index contributed by atoms with van der Waals surface area (Å²) in [6.45, 7) is 2.80. The van der Waals surface area contributed by atoms with Gasteiger partial charge in [-0.25, -0.2) is 8.78 Å². The summed E-state index contributed by atoms with van der Waals surface area (Å²) in [5.74, 6) is -0.394. The molecule has 0 aliphatic heterocycles. The first-order chi connectivity index (χ1) is 10.1. The van der Waals surface area contributed by atoms with E-state index in [0.717, 1.165) is 17.7 Å². The van der Waals surface area contributed by atoms with Crippen LogP contribution in [0.25, 0.3) is 0 Å². The Morgan fingerprint density at radius 3 is 2.43 bits per heavy atom. The van der Waals surface area contributed by atoms with E-state index in [9.17, 15) is 8.78 Å². The summed E-state index contributed by atoms with van der Waals surface area (Å²) in [5.41, 5.74) is 1.96. The van der Waals surface area contributed by atoms with E-state index in [0.29, 0.717) is 6.42 Å². The number of nitrogens with one attached hydrogen (secondary N) is 1. The molecule has 2 nitrogen and oxygen atoms in total. The van der Waals surface area contributed by atoms with Crippen LogP contribution in [0.1, 0.15) is 24.1 Å². The quantitative estimate of drug-likeness (QED) is 0.872. The zero-order valence-electron chi connectivity index (χ0n) is 12.2. The predicted octanol–water partition coefficient (Wildman–Crippen LogP) is 3.87. The molecule has 2 rings (SSSR count). The van der Waals surface area contributed by atoms with Gasteiger partial charge in [0.1, 0.15) is 5.82 Å². The minimum absolute atomic E-state index is 0.0231. The number of rotatable bonds is 6. The molecule has 1 unspecified atom stereocenters. The minimum Gasteiger partial charge on any atom is -0.494 e. The summed E-state index contributed by atoms with van der Waals surface area (Å²) < 4.78 is 31.5. The molecule has 1 atom stereocenters. The van der Waals surface area contributed by atoms with Gasteiger partial charge in [-0.3, -0.25) is 0 Å². The monoisotopic (exact) mass is 291 g/mol. The molecule has 2 aromatic rings. The molecule has 0 saturated heterocycles. The third-order valence-corrected chi connectivity index (χ3v) is 3.38. The number of ether oxygens (including phenoxy) is 1. The van der Waals surface area contributed by atoms with Crippen molar-refractivity contribution in [2.45, 2.75) is 19.4 Å².